The van der Waals surface area contributed by atoms with Gasteiger partial charge in [-0.2, -0.15) is 0 Å². The summed E-state index contributed by atoms with van der Waals surface area (Å²) in [5.74, 6) is -1.28. The van der Waals surface area contributed by atoms with Gasteiger partial charge in [-0.15, -0.1) is 0 Å². The first-order valence-electron chi connectivity index (χ1n) is 8.35. The van der Waals surface area contributed by atoms with Gasteiger partial charge in [0.1, 0.15) is 5.78 Å². The number of amides is 1. The summed E-state index contributed by atoms with van der Waals surface area (Å²) in [6.45, 7) is 0. The van der Waals surface area contributed by atoms with Crippen molar-refractivity contribution in [3.05, 3.63) is 102 Å². The van der Waals surface area contributed by atoms with Gasteiger partial charge in [0, 0.05) is 17.3 Å². The maximum atomic E-state index is 13.2. The number of carbonyl (C=O) groups is 1. The van der Waals surface area contributed by atoms with Crippen LogP contribution >= 0.6 is 7.37 Å². The highest BCUT2D eigenvalue weighted by Crippen LogP contribution is 2.45. The zero-order chi connectivity index (χ0) is 18.4. The number of carbonyl (C=O) groups excluding carboxylic acids is 1. The van der Waals surface area contributed by atoms with Crippen molar-refractivity contribution >= 4 is 18.6 Å². The maximum Gasteiger partial charge on any atom is 0.251 e. The third kappa shape index (κ3) is 4.29. The molecule has 3 aromatic rings. The molecule has 0 aliphatic rings. The van der Waals surface area contributed by atoms with Crippen LogP contribution in [-0.2, 0) is 11.0 Å². The molecule has 2 N–H and O–H groups in total. The number of rotatable bonds is 6. The van der Waals surface area contributed by atoms with Crippen molar-refractivity contribution in [2.75, 3.05) is 0 Å². The normalized spacial score (nSPS) is 14.2. The Balaban J connectivity index is 1.91. The Morgan fingerprint density at radius 3 is 1.92 bits per heavy atom. The van der Waals surface area contributed by atoms with Crippen LogP contribution in [0, 0.1) is 0 Å². The molecule has 3 aromatic carbocycles. The summed E-state index contributed by atoms with van der Waals surface area (Å²) in [6.07, 6.45) is 0.266. The van der Waals surface area contributed by atoms with Crippen LogP contribution in [0.1, 0.15) is 15.9 Å². The maximum absolute atomic E-state index is 13.2. The minimum absolute atomic E-state index is 0.266. The lowest BCUT2D eigenvalue weighted by atomic mass is 10.1. The Morgan fingerprint density at radius 1 is 0.846 bits per heavy atom. The van der Waals surface area contributed by atoms with Crippen molar-refractivity contribution in [2.24, 2.45) is 0 Å². The molecule has 0 bridgehead atoms. The van der Waals surface area contributed by atoms with E-state index in [1.807, 2.05) is 36.4 Å². The number of hydrogen-bond donors (Lipinski definition) is 2. The van der Waals surface area contributed by atoms with Crippen LogP contribution in [0.15, 0.2) is 91.0 Å². The van der Waals surface area contributed by atoms with E-state index in [-0.39, 0.29) is 12.3 Å². The predicted molar refractivity (Wildman–Crippen MR) is 104 cm³/mol. The van der Waals surface area contributed by atoms with Crippen LogP contribution in [0.5, 0.6) is 0 Å². The fourth-order valence-corrected chi connectivity index (χ4v) is 4.46. The SMILES string of the molecule is O=C(N[C@H](Cc1ccccc1)P(=O)(O)c1ccccc1)c1ccccc1. The molecule has 0 saturated heterocycles. The summed E-state index contributed by atoms with van der Waals surface area (Å²) >= 11 is 0. The zero-order valence-electron chi connectivity index (χ0n) is 14.2. The number of nitrogens with one attached hydrogen (secondary N) is 1. The molecule has 0 aliphatic carbocycles. The van der Waals surface area contributed by atoms with Crippen LogP contribution in [0.2, 0.25) is 0 Å². The van der Waals surface area contributed by atoms with Gasteiger partial charge in [0.2, 0.25) is 0 Å². The molecule has 0 aromatic heterocycles. The molecule has 0 fully saturated rings. The molecular weight excluding hydrogens is 345 g/mol. The second kappa shape index (κ2) is 8.13. The van der Waals surface area contributed by atoms with Crippen molar-refractivity contribution in [1.29, 1.82) is 0 Å². The second-order valence-electron chi connectivity index (χ2n) is 6.00. The molecule has 1 amide bonds. The Kier molecular flexibility index (Phi) is 5.67. The average Bonchev–Trinajstić information content (AvgIpc) is 2.69. The average molecular weight is 365 g/mol. The fraction of sp³-hybridized carbons (Fsp3) is 0.0952. The van der Waals surface area contributed by atoms with E-state index in [2.05, 4.69) is 5.32 Å². The van der Waals surface area contributed by atoms with Crippen molar-refractivity contribution in [2.45, 2.75) is 12.2 Å². The molecule has 0 spiro atoms. The molecule has 5 heteroatoms. The van der Waals surface area contributed by atoms with Gasteiger partial charge < -0.3 is 10.2 Å². The third-order valence-electron chi connectivity index (χ3n) is 4.15. The Labute approximate surface area is 153 Å². The highest BCUT2D eigenvalue weighted by atomic mass is 31.2. The van der Waals surface area contributed by atoms with Crippen LogP contribution in [0.3, 0.4) is 0 Å². The Bertz CT molecular complexity index is 898. The van der Waals surface area contributed by atoms with Gasteiger partial charge in [0.25, 0.3) is 13.3 Å². The van der Waals surface area contributed by atoms with E-state index in [1.54, 1.807) is 54.6 Å². The molecule has 26 heavy (non-hydrogen) atoms. The summed E-state index contributed by atoms with van der Waals surface area (Å²) in [5.41, 5.74) is 1.34. The fourth-order valence-electron chi connectivity index (χ4n) is 2.75. The molecule has 132 valence electrons. The van der Waals surface area contributed by atoms with E-state index in [1.165, 1.54) is 0 Å². The molecule has 1 unspecified atom stereocenters. The van der Waals surface area contributed by atoms with Crippen molar-refractivity contribution in [1.82, 2.24) is 5.32 Å². The lowest BCUT2D eigenvalue weighted by Gasteiger charge is -2.25. The zero-order valence-corrected chi connectivity index (χ0v) is 15.1. The largest absolute Gasteiger partial charge is 0.340 e. The van der Waals surface area contributed by atoms with E-state index >= 15 is 0 Å². The first-order chi connectivity index (χ1) is 12.6. The van der Waals surface area contributed by atoms with Gasteiger partial charge in [-0.25, -0.2) is 0 Å². The van der Waals surface area contributed by atoms with Crippen molar-refractivity contribution in [3.8, 4) is 0 Å². The minimum atomic E-state index is -3.83. The highest BCUT2D eigenvalue weighted by molar-refractivity contribution is 7.66. The monoisotopic (exact) mass is 365 g/mol. The Hall–Kier alpha value is -2.68. The molecule has 0 heterocycles. The second-order valence-corrected chi connectivity index (χ2v) is 8.39. The quantitative estimate of drug-likeness (QED) is 0.656. The molecule has 2 atom stereocenters. The molecule has 0 aliphatic heterocycles. The van der Waals surface area contributed by atoms with E-state index in [4.69, 9.17) is 0 Å². The third-order valence-corrected chi connectivity index (χ3v) is 6.35. The van der Waals surface area contributed by atoms with Crippen molar-refractivity contribution < 1.29 is 14.3 Å². The van der Waals surface area contributed by atoms with E-state index in [9.17, 15) is 14.3 Å². The van der Waals surface area contributed by atoms with Crippen LogP contribution in [0.25, 0.3) is 0 Å². The van der Waals surface area contributed by atoms with Gasteiger partial charge >= 0.3 is 0 Å². The highest BCUT2D eigenvalue weighted by Gasteiger charge is 2.34. The topological polar surface area (TPSA) is 66.4 Å². The summed E-state index contributed by atoms with van der Waals surface area (Å²) < 4.78 is 13.2. The number of benzene rings is 3. The molecular formula is C21H20NO3P. The summed E-state index contributed by atoms with van der Waals surface area (Å²) in [6, 6.07) is 26.6. The van der Waals surface area contributed by atoms with Gasteiger partial charge in [-0.05, 0) is 29.8 Å². The Morgan fingerprint density at radius 2 is 1.35 bits per heavy atom. The summed E-state index contributed by atoms with van der Waals surface area (Å²) in [7, 11) is -3.83. The summed E-state index contributed by atoms with van der Waals surface area (Å²) in [5, 5.41) is 3.10. The van der Waals surface area contributed by atoms with E-state index < -0.39 is 13.2 Å². The molecule has 3 rings (SSSR count). The first-order valence-corrected chi connectivity index (χ1v) is 10.1. The van der Waals surface area contributed by atoms with Crippen LogP contribution < -0.4 is 10.6 Å². The smallest absolute Gasteiger partial charge is 0.251 e. The molecule has 4 nitrogen and oxygen atoms in total. The lowest BCUT2D eigenvalue weighted by molar-refractivity contribution is 0.0946. The van der Waals surface area contributed by atoms with Crippen molar-refractivity contribution in [3.63, 3.8) is 0 Å². The molecule has 0 radical (unpaired) electrons. The van der Waals surface area contributed by atoms with E-state index in [0.717, 1.165) is 5.56 Å². The van der Waals surface area contributed by atoms with Gasteiger partial charge in [-0.3, -0.25) is 9.36 Å². The first kappa shape index (κ1) is 18.1. The predicted octanol–water partition coefficient (Wildman–Crippen LogP) is 3.58. The van der Waals surface area contributed by atoms with Crippen LogP contribution in [0.4, 0.5) is 0 Å². The number of hydrogen-bond acceptors (Lipinski definition) is 2. The standard InChI is InChI=1S/C21H20NO3P/c23-21(18-12-6-2-7-13-18)22-20(16-17-10-4-1-5-11-17)26(24,25)19-14-8-3-9-15-19/h1-15,20H,16H2,(H,22,23)(H,24,25)/t20-/m0/s1. The van der Waals surface area contributed by atoms with Gasteiger partial charge in [0.05, 0.1) is 0 Å². The van der Waals surface area contributed by atoms with Gasteiger partial charge in [0.15, 0.2) is 0 Å². The minimum Gasteiger partial charge on any atom is -0.340 e. The molecule has 0 saturated carbocycles. The van der Waals surface area contributed by atoms with E-state index in [0.29, 0.717) is 10.9 Å². The van der Waals surface area contributed by atoms with Gasteiger partial charge in [-0.1, -0.05) is 66.7 Å². The lowest BCUT2D eigenvalue weighted by Crippen LogP contribution is -2.38. The summed E-state index contributed by atoms with van der Waals surface area (Å²) in [4.78, 5) is 23.4. The van der Waals surface area contributed by atoms with Crippen LogP contribution in [-0.4, -0.2) is 16.6 Å².